The second-order valence-corrected chi connectivity index (χ2v) is 3.25. The van der Waals surface area contributed by atoms with Crippen molar-refractivity contribution >= 4 is 0 Å². The summed E-state index contributed by atoms with van der Waals surface area (Å²) in [6.45, 7) is 2.39. The van der Waals surface area contributed by atoms with E-state index in [2.05, 4.69) is 14.7 Å². The van der Waals surface area contributed by atoms with Crippen molar-refractivity contribution in [3.63, 3.8) is 0 Å². The van der Waals surface area contributed by atoms with E-state index in [4.69, 9.17) is 0 Å². The van der Waals surface area contributed by atoms with Gasteiger partial charge in [0.05, 0.1) is 11.7 Å². The van der Waals surface area contributed by atoms with Gasteiger partial charge in [0.25, 0.3) is 0 Å². The smallest absolute Gasteiger partial charge is 0.438 e. The molecule has 2 heterocycles. The molecular weight excluding hydrogens is 197 g/mol. The Morgan fingerprint density at radius 2 is 2.21 bits per heavy atom. The number of nitrogens with zero attached hydrogens (tertiary/aromatic N) is 1. The van der Waals surface area contributed by atoms with E-state index < -0.39 is 12.1 Å². The van der Waals surface area contributed by atoms with Crippen molar-refractivity contribution in [2.45, 2.75) is 25.6 Å². The first-order valence-corrected chi connectivity index (χ1v) is 4.28. The molecule has 0 aliphatic carbocycles. The molecule has 1 aliphatic rings. The molecule has 1 aromatic rings. The van der Waals surface area contributed by atoms with Crippen molar-refractivity contribution in [3.8, 4) is 0 Å². The molecule has 0 bridgehead atoms. The highest BCUT2D eigenvalue weighted by Crippen LogP contribution is 2.32. The Labute approximate surface area is 78.3 Å². The largest absolute Gasteiger partial charge is 0.468 e. The van der Waals surface area contributed by atoms with E-state index in [9.17, 15) is 13.2 Å². The Bertz CT molecular complexity index is 345. The standard InChI is InChI=1S/C8H9F3N2O/c1-4-6-5(2-3-12-4)14-7(13-6)8(9,10)11/h4,12H,2-3H2,1H3. The number of alkyl halides is 3. The van der Waals surface area contributed by atoms with Crippen LogP contribution in [0.1, 0.15) is 30.3 Å². The highest BCUT2D eigenvalue weighted by Gasteiger charge is 2.39. The van der Waals surface area contributed by atoms with Crippen LogP contribution in [0.5, 0.6) is 0 Å². The van der Waals surface area contributed by atoms with Crippen molar-refractivity contribution in [1.29, 1.82) is 0 Å². The van der Waals surface area contributed by atoms with Gasteiger partial charge in [0, 0.05) is 13.0 Å². The predicted octanol–water partition coefficient (Wildman–Crippen LogP) is 1.90. The first-order chi connectivity index (χ1) is 6.48. The lowest BCUT2D eigenvalue weighted by Gasteiger charge is -2.16. The fourth-order valence-electron chi connectivity index (χ4n) is 1.50. The van der Waals surface area contributed by atoms with Crippen LogP contribution in [-0.2, 0) is 12.6 Å². The zero-order chi connectivity index (χ0) is 10.3. The number of fused-ring (bicyclic) bond motifs is 1. The molecule has 1 atom stereocenters. The maximum absolute atomic E-state index is 12.2. The molecule has 0 radical (unpaired) electrons. The van der Waals surface area contributed by atoms with Crippen LogP contribution in [0.25, 0.3) is 0 Å². The fraction of sp³-hybridized carbons (Fsp3) is 0.625. The van der Waals surface area contributed by atoms with Gasteiger partial charge in [0.15, 0.2) is 0 Å². The van der Waals surface area contributed by atoms with Crippen molar-refractivity contribution in [2.75, 3.05) is 6.54 Å². The first kappa shape index (κ1) is 9.51. The molecule has 1 aromatic heterocycles. The normalized spacial score (nSPS) is 22.1. The molecular formula is C8H9F3N2O. The number of aromatic nitrogens is 1. The monoisotopic (exact) mass is 206 g/mol. The minimum Gasteiger partial charge on any atom is -0.438 e. The van der Waals surface area contributed by atoms with Crippen LogP contribution >= 0.6 is 0 Å². The number of rotatable bonds is 0. The summed E-state index contributed by atoms with van der Waals surface area (Å²) in [6.07, 6.45) is -4.03. The molecule has 1 N–H and O–H groups in total. The van der Waals surface area contributed by atoms with Crippen LogP contribution in [-0.4, -0.2) is 11.5 Å². The highest BCUT2D eigenvalue weighted by atomic mass is 19.4. The van der Waals surface area contributed by atoms with Crippen molar-refractivity contribution in [2.24, 2.45) is 0 Å². The van der Waals surface area contributed by atoms with Crippen LogP contribution in [0.3, 0.4) is 0 Å². The maximum atomic E-state index is 12.2. The van der Waals surface area contributed by atoms with Gasteiger partial charge >= 0.3 is 12.1 Å². The first-order valence-electron chi connectivity index (χ1n) is 4.28. The molecule has 6 heteroatoms. The third-order valence-corrected chi connectivity index (χ3v) is 2.18. The van der Waals surface area contributed by atoms with Gasteiger partial charge in [0.1, 0.15) is 5.76 Å². The summed E-state index contributed by atoms with van der Waals surface area (Å²) < 4.78 is 41.3. The summed E-state index contributed by atoms with van der Waals surface area (Å²) in [5.41, 5.74) is 0.378. The van der Waals surface area contributed by atoms with E-state index >= 15 is 0 Å². The summed E-state index contributed by atoms with van der Waals surface area (Å²) in [7, 11) is 0. The average Bonchev–Trinajstić information content (AvgIpc) is 2.48. The lowest BCUT2D eigenvalue weighted by atomic mass is 10.1. The van der Waals surface area contributed by atoms with Crippen LogP contribution in [0.2, 0.25) is 0 Å². The van der Waals surface area contributed by atoms with Gasteiger partial charge in [-0.25, -0.2) is 4.98 Å². The minimum atomic E-state index is -4.49. The van der Waals surface area contributed by atoms with Gasteiger partial charge in [-0.3, -0.25) is 0 Å². The third-order valence-electron chi connectivity index (χ3n) is 2.18. The second-order valence-electron chi connectivity index (χ2n) is 3.25. The Hall–Kier alpha value is -1.04. The lowest BCUT2D eigenvalue weighted by Crippen LogP contribution is -2.27. The third kappa shape index (κ3) is 1.50. The second kappa shape index (κ2) is 2.98. The molecule has 1 aliphatic heterocycles. The summed E-state index contributed by atoms with van der Waals surface area (Å²) in [5.74, 6) is -0.790. The summed E-state index contributed by atoms with van der Waals surface area (Å²) in [4.78, 5) is 3.45. The van der Waals surface area contributed by atoms with Gasteiger partial charge in [0.2, 0.25) is 0 Å². The SMILES string of the molecule is CC1NCCc2oc(C(F)(F)F)nc21. The topological polar surface area (TPSA) is 38.1 Å². The van der Waals surface area contributed by atoms with Crippen LogP contribution in [0.15, 0.2) is 4.42 Å². The van der Waals surface area contributed by atoms with E-state index in [-0.39, 0.29) is 6.04 Å². The Morgan fingerprint density at radius 1 is 1.50 bits per heavy atom. The van der Waals surface area contributed by atoms with Crippen LogP contribution in [0, 0.1) is 0 Å². The number of hydrogen-bond acceptors (Lipinski definition) is 3. The predicted molar refractivity (Wildman–Crippen MR) is 41.6 cm³/mol. The Morgan fingerprint density at radius 3 is 2.79 bits per heavy atom. The summed E-state index contributed by atoms with van der Waals surface area (Å²) in [6, 6.07) is -0.168. The minimum absolute atomic E-state index is 0.168. The number of halogens is 3. The maximum Gasteiger partial charge on any atom is 0.468 e. The summed E-state index contributed by atoms with van der Waals surface area (Å²) >= 11 is 0. The van der Waals surface area contributed by atoms with Gasteiger partial charge in [-0.1, -0.05) is 0 Å². The molecule has 0 fully saturated rings. The van der Waals surface area contributed by atoms with Gasteiger partial charge in [-0.15, -0.1) is 0 Å². The van der Waals surface area contributed by atoms with Crippen molar-refractivity contribution < 1.29 is 17.6 Å². The van der Waals surface area contributed by atoms with Gasteiger partial charge < -0.3 is 9.73 Å². The van der Waals surface area contributed by atoms with E-state index in [1.165, 1.54) is 0 Å². The number of hydrogen-bond donors (Lipinski definition) is 1. The van der Waals surface area contributed by atoms with Gasteiger partial charge in [-0.2, -0.15) is 13.2 Å². The fourth-order valence-corrected chi connectivity index (χ4v) is 1.50. The zero-order valence-electron chi connectivity index (χ0n) is 7.48. The highest BCUT2D eigenvalue weighted by molar-refractivity contribution is 5.18. The van der Waals surface area contributed by atoms with Crippen LogP contribution in [0.4, 0.5) is 13.2 Å². The molecule has 78 valence electrons. The lowest BCUT2D eigenvalue weighted by molar-refractivity contribution is -0.157. The van der Waals surface area contributed by atoms with E-state index in [1.54, 1.807) is 6.92 Å². The molecule has 0 aromatic carbocycles. The molecule has 0 saturated carbocycles. The van der Waals surface area contributed by atoms with Gasteiger partial charge in [-0.05, 0) is 6.92 Å². The van der Waals surface area contributed by atoms with E-state index in [0.29, 0.717) is 24.4 Å². The van der Waals surface area contributed by atoms with Crippen molar-refractivity contribution in [3.05, 3.63) is 17.3 Å². The average molecular weight is 206 g/mol. The molecule has 14 heavy (non-hydrogen) atoms. The molecule has 0 amide bonds. The Balaban J connectivity index is 2.40. The number of nitrogens with one attached hydrogen (secondary N) is 1. The number of oxazole rings is 1. The molecule has 1 unspecified atom stereocenters. The molecule has 2 rings (SSSR count). The van der Waals surface area contributed by atoms with Crippen molar-refractivity contribution in [1.82, 2.24) is 10.3 Å². The Kier molecular flexibility index (Phi) is 2.02. The quantitative estimate of drug-likeness (QED) is 0.704. The molecule has 0 saturated heterocycles. The molecule has 3 nitrogen and oxygen atoms in total. The van der Waals surface area contributed by atoms with Crippen LogP contribution < -0.4 is 5.32 Å². The van der Waals surface area contributed by atoms with E-state index in [1.807, 2.05) is 0 Å². The zero-order valence-corrected chi connectivity index (χ0v) is 7.48. The summed E-state index contributed by atoms with van der Waals surface area (Å²) in [5, 5.41) is 3.01. The molecule has 0 spiro atoms. The van der Waals surface area contributed by atoms with E-state index in [0.717, 1.165) is 0 Å².